The Hall–Kier alpha value is -1.39. The molecule has 19 heavy (non-hydrogen) atoms. The van der Waals surface area contributed by atoms with Gasteiger partial charge in [-0.3, -0.25) is 9.59 Å². The van der Waals surface area contributed by atoms with Crippen LogP contribution in [0.25, 0.3) is 0 Å². The van der Waals surface area contributed by atoms with Gasteiger partial charge in [-0.05, 0) is 38.4 Å². The summed E-state index contributed by atoms with van der Waals surface area (Å²) in [6.45, 7) is 3.37. The van der Waals surface area contributed by atoms with Gasteiger partial charge in [0.25, 0.3) is 5.91 Å². The van der Waals surface area contributed by atoms with Crippen LogP contribution in [0.4, 0.5) is 0 Å². The van der Waals surface area contributed by atoms with Crippen molar-refractivity contribution in [1.29, 1.82) is 0 Å². The third-order valence-corrected chi connectivity index (χ3v) is 3.19. The van der Waals surface area contributed by atoms with Gasteiger partial charge in [0.05, 0.1) is 0 Å². The van der Waals surface area contributed by atoms with Gasteiger partial charge >= 0.3 is 0 Å². The fraction of sp³-hybridized carbons (Fsp3) is 0.429. The van der Waals surface area contributed by atoms with Crippen LogP contribution >= 0.6 is 12.4 Å². The van der Waals surface area contributed by atoms with Crippen LogP contribution in [0.5, 0.6) is 0 Å². The Labute approximate surface area is 119 Å². The first-order valence-electron chi connectivity index (χ1n) is 6.29. The van der Waals surface area contributed by atoms with E-state index in [-0.39, 0.29) is 30.1 Å². The molecule has 0 unspecified atom stereocenters. The average molecular weight is 283 g/mol. The standard InChI is InChI=1S/C14H18N2O2.ClH/c1-10(17)11-4-6-12(7-5-11)14(18)16-13-3-2-8-15-9-13;/h4-7,13,15H,2-3,8-9H2,1H3,(H,16,18);1H/t13-;/m0./s1. The lowest BCUT2D eigenvalue weighted by atomic mass is 10.1. The van der Waals surface area contributed by atoms with Crippen molar-refractivity contribution in [3.05, 3.63) is 35.4 Å². The van der Waals surface area contributed by atoms with Crippen LogP contribution in [0, 0.1) is 0 Å². The summed E-state index contributed by atoms with van der Waals surface area (Å²) in [6, 6.07) is 6.98. The second kappa shape index (κ2) is 7.26. The zero-order valence-electron chi connectivity index (χ0n) is 10.9. The molecule has 1 aromatic rings. The first kappa shape index (κ1) is 15.7. The lowest BCUT2D eigenvalue weighted by Gasteiger charge is -2.23. The number of amides is 1. The molecule has 0 aliphatic carbocycles. The fourth-order valence-electron chi connectivity index (χ4n) is 2.10. The number of halogens is 1. The Bertz CT molecular complexity index is 439. The van der Waals surface area contributed by atoms with E-state index in [9.17, 15) is 9.59 Å². The van der Waals surface area contributed by atoms with E-state index in [2.05, 4.69) is 10.6 Å². The van der Waals surface area contributed by atoms with E-state index in [4.69, 9.17) is 0 Å². The number of hydrogen-bond donors (Lipinski definition) is 2. The van der Waals surface area contributed by atoms with Crippen LogP contribution in [-0.4, -0.2) is 30.8 Å². The molecule has 1 fully saturated rings. The molecule has 1 aromatic carbocycles. The minimum absolute atomic E-state index is 0. The summed E-state index contributed by atoms with van der Waals surface area (Å²) < 4.78 is 0. The highest BCUT2D eigenvalue weighted by Gasteiger charge is 2.16. The maximum atomic E-state index is 12.0. The van der Waals surface area contributed by atoms with E-state index >= 15 is 0 Å². The van der Waals surface area contributed by atoms with Gasteiger partial charge in [0.2, 0.25) is 0 Å². The van der Waals surface area contributed by atoms with E-state index in [0.29, 0.717) is 11.1 Å². The van der Waals surface area contributed by atoms with Crippen molar-refractivity contribution in [3.8, 4) is 0 Å². The van der Waals surface area contributed by atoms with E-state index in [1.807, 2.05) is 0 Å². The first-order chi connectivity index (χ1) is 8.66. The Morgan fingerprint density at radius 3 is 2.37 bits per heavy atom. The summed E-state index contributed by atoms with van der Waals surface area (Å²) in [7, 11) is 0. The molecule has 0 spiro atoms. The third-order valence-electron chi connectivity index (χ3n) is 3.19. The molecule has 0 aromatic heterocycles. The highest BCUT2D eigenvalue weighted by molar-refractivity contribution is 5.97. The lowest BCUT2D eigenvalue weighted by Crippen LogP contribution is -2.45. The van der Waals surface area contributed by atoms with E-state index in [0.717, 1.165) is 25.9 Å². The van der Waals surface area contributed by atoms with Crippen LogP contribution in [0.15, 0.2) is 24.3 Å². The first-order valence-corrected chi connectivity index (χ1v) is 6.29. The van der Waals surface area contributed by atoms with E-state index in [1.165, 1.54) is 6.92 Å². The maximum absolute atomic E-state index is 12.0. The molecule has 4 nitrogen and oxygen atoms in total. The topological polar surface area (TPSA) is 58.2 Å². The molecule has 1 heterocycles. The van der Waals surface area contributed by atoms with Crippen LogP contribution in [0.1, 0.15) is 40.5 Å². The zero-order valence-corrected chi connectivity index (χ0v) is 11.8. The Morgan fingerprint density at radius 2 is 1.84 bits per heavy atom. The number of carbonyl (C=O) groups excluding carboxylic acids is 2. The minimum Gasteiger partial charge on any atom is -0.348 e. The van der Waals surface area contributed by atoms with E-state index < -0.39 is 0 Å². The smallest absolute Gasteiger partial charge is 0.251 e. The lowest BCUT2D eigenvalue weighted by molar-refractivity contribution is 0.0929. The van der Waals surface area contributed by atoms with Crippen molar-refractivity contribution in [3.63, 3.8) is 0 Å². The van der Waals surface area contributed by atoms with Gasteiger partial charge in [-0.25, -0.2) is 0 Å². The number of hydrogen-bond acceptors (Lipinski definition) is 3. The van der Waals surface area contributed by atoms with Crippen LogP contribution in [-0.2, 0) is 0 Å². The van der Waals surface area contributed by atoms with Crippen molar-refractivity contribution < 1.29 is 9.59 Å². The molecule has 5 heteroatoms. The normalized spacial score (nSPS) is 18.3. The highest BCUT2D eigenvalue weighted by atomic mass is 35.5. The molecule has 0 bridgehead atoms. The third kappa shape index (κ3) is 4.33. The van der Waals surface area contributed by atoms with Gasteiger partial charge in [0.15, 0.2) is 5.78 Å². The Morgan fingerprint density at radius 1 is 1.21 bits per heavy atom. The Balaban J connectivity index is 0.00000180. The predicted octanol–water partition coefficient (Wildman–Crippen LogP) is 1.79. The van der Waals surface area contributed by atoms with Gasteiger partial charge in [-0.2, -0.15) is 0 Å². The fourth-order valence-corrected chi connectivity index (χ4v) is 2.10. The summed E-state index contributed by atoms with van der Waals surface area (Å²) in [6.07, 6.45) is 2.11. The molecule has 0 saturated carbocycles. The SMILES string of the molecule is CC(=O)c1ccc(C(=O)N[C@H]2CCCNC2)cc1.Cl. The average Bonchev–Trinajstić information content (AvgIpc) is 2.40. The monoisotopic (exact) mass is 282 g/mol. The van der Waals surface area contributed by atoms with Gasteiger partial charge in [-0.1, -0.05) is 12.1 Å². The molecule has 2 N–H and O–H groups in total. The summed E-state index contributed by atoms with van der Waals surface area (Å²) >= 11 is 0. The number of ketones is 1. The number of benzene rings is 1. The maximum Gasteiger partial charge on any atom is 0.251 e. The molecule has 104 valence electrons. The van der Waals surface area contributed by atoms with Crippen molar-refractivity contribution >= 4 is 24.1 Å². The molecular formula is C14H19ClN2O2. The van der Waals surface area contributed by atoms with Crippen molar-refractivity contribution in [2.75, 3.05) is 13.1 Å². The zero-order chi connectivity index (χ0) is 13.0. The molecule has 1 aliphatic heterocycles. The number of Topliss-reactive ketones (excluding diaryl/α,β-unsaturated/α-hetero) is 1. The van der Waals surface area contributed by atoms with Crippen LogP contribution < -0.4 is 10.6 Å². The van der Waals surface area contributed by atoms with Crippen molar-refractivity contribution in [2.45, 2.75) is 25.8 Å². The summed E-state index contributed by atoms with van der Waals surface area (Å²) in [4.78, 5) is 23.1. The Kier molecular flexibility index (Phi) is 5.99. The molecular weight excluding hydrogens is 264 g/mol. The highest BCUT2D eigenvalue weighted by Crippen LogP contribution is 2.07. The second-order valence-corrected chi connectivity index (χ2v) is 4.65. The summed E-state index contributed by atoms with van der Waals surface area (Å²) in [5.41, 5.74) is 1.23. The number of nitrogens with one attached hydrogen (secondary N) is 2. The molecule has 2 rings (SSSR count). The second-order valence-electron chi connectivity index (χ2n) is 4.65. The number of piperidine rings is 1. The predicted molar refractivity (Wildman–Crippen MR) is 77.1 cm³/mol. The summed E-state index contributed by atoms with van der Waals surface area (Å²) in [5, 5.41) is 6.25. The molecule has 1 atom stereocenters. The van der Waals surface area contributed by atoms with Crippen LogP contribution in [0.2, 0.25) is 0 Å². The molecule has 1 aliphatic rings. The van der Waals surface area contributed by atoms with Gasteiger partial charge in [-0.15, -0.1) is 12.4 Å². The molecule has 1 amide bonds. The minimum atomic E-state index is -0.0706. The molecule has 0 radical (unpaired) electrons. The molecule has 1 saturated heterocycles. The van der Waals surface area contributed by atoms with E-state index in [1.54, 1.807) is 24.3 Å². The number of rotatable bonds is 3. The quantitative estimate of drug-likeness (QED) is 0.831. The van der Waals surface area contributed by atoms with Crippen LogP contribution in [0.3, 0.4) is 0 Å². The van der Waals surface area contributed by atoms with Crippen molar-refractivity contribution in [2.24, 2.45) is 0 Å². The van der Waals surface area contributed by atoms with Gasteiger partial charge in [0.1, 0.15) is 0 Å². The van der Waals surface area contributed by atoms with Gasteiger partial charge < -0.3 is 10.6 Å². The number of carbonyl (C=O) groups is 2. The van der Waals surface area contributed by atoms with Gasteiger partial charge in [0, 0.05) is 23.7 Å². The summed E-state index contributed by atoms with van der Waals surface area (Å²) in [5.74, 6) is -0.0581. The largest absolute Gasteiger partial charge is 0.348 e. The van der Waals surface area contributed by atoms with Crippen molar-refractivity contribution in [1.82, 2.24) is 10.6 Å².